The lowest BCUT2D eigenvalue weighted by atomic mass is 10.0. The summed E-state index contributed by atoms with van der Waals surface area (Å²) in [5.41, 5.74) is 8.20. The van der Waals surface area contributed by atoms with Crippen LogP contribution in [0.3, 0.4) is 0 Å². The van der Waals surface area contributed by atoms with E-state index in [0.717, 1.165) is 11.1 Å². The van der Waals surface area contributed by atoms with Gasteiger partial charge in [0.2, 0.25) is 15.9 Å². The van der Waals surface area contributed by atoms with E-state index in [0.29, 0.717) is 26.1 Å². The molecule has 0 saturated carbocycles. The van der Waals surface area contributed by atoms with E-state index in [1.54, 1.807) is 24.3 Å². The van der Waals surface area contributed by atoms with Gasteiger partial charge in [0, 0.05) is 25.7 Å². The van der Waals surface area contributed by atoms with E-state index in [2.05, 4.69) is 16.2 Å². The van der Waals surface area contributed by atoms with Gasteiger partial charge in [-0.2, -0.15) is 4.31 Å². The molecule has 0 spiro atoms. The molecule has 0 radical (unpaired) electrons. The Morgan fingerprint density at radius 3 is 2.31 bits per heavy atom. The van der Waals surface area contributed by atoms with Crippen molar-refractivity contribution in [3.8, 4) is 0 Å². The number of hydrogen-bond acceptors (Lipinski definition) is 5. The zero-order valence-electron chi connectivity index (χ0n) is 16.8. The fourth-order valence-electron chi connectivity index (χ4n) is 3.44. The van der Waals surface area contributed by atoms with Gasteiger partial charge in [0.25, 0.3) is 0 Å². The fourth-order valence-corrected chi connectivity index (χ4v) is 4.89. The number of nitrogens with zero attached hydrogens (tertiary/aromatic N) is 1. The number of benzene rings is 2. The van der Waals surface area contributed by atoms with Gasteiger partial charge >= 0.3 is 0 Å². The lowest BCUT2D eigenvalue weighted by Crippen LogP contribution is -2.42. The minimum absolute atomic E-state index is 0.0872. The molecular formula is C21H28N4O3S. The summed E-state index contributed by atoms with van der Waals surface area (Å²) >= 11 is 0. The Hall–Kier alpha value is -2.26. The van der Waals surface area contributed by atoms with Gasteiger partial charge in [-0.3, -0.25) is 4.79 Å². The third kappa shape index (κ3) is 5.02. The van der Waals surface area contributed by atoms with Crippen LogP contribution in [0.5, 0.6) is 0 Å². The molecule has 0 aliphatic carbocycles. The van der Waals surface area contributed by atoms with Crippen LogP contribution in [0.4, 0.5) is 0 Å². The summed E-state index contributed by atoms with van der Waals surface area (Å²) in [7, 11) is -3.47. The minimum atomic E-state index is -3.47. The van der Waals surface area contributed by atoms with Crippen LogP contribution in [-0.4, -0.2) is 37.8 Å². The van der Waals surface area contributed by atoms with E-state index in [-0.39, 0.29) is 22.9 Å². The maximum atomic E-state index is 12.5. The number of hydrogen-bond donors (Lipinski definition) is 3. The van der Waals surface area contributed by atoms with Gasteiger partial charge in [0.15, 0.2) is 0 Å². The predicted octanol–water partition coefficient (Wildman–Crippen LogP) is 1.94. The maximum absolute atomic E-state index is 12.5. The normalized spacial score (nSPS) is 19.4. The molecule has 29 heavy (non-hydrogen) atoms. The number of rotatable bonds is 8. The van der Waals surface area contributed by atoms with Gasteiger partial charge in [0.05, 0.1) is 4.90 Å². The molecule has 2 unspecified atom stereocenters. The molecule has 0 aromatic heterocycles. The third-order valence-electron chi connectivity index (χ3n) is 5.15. The Balaban J connectivity index is 1.55. The highest BCUT2D eigenvalue weighted by Crippen LogP contribution is 2.22. The smallest absolute Gasteiger partial charge is 0.243 e. The molecule has 3 N–H and O–H groups in total. The number of amides is 1. The zero-order valence-corrected chi connectivity index (χ0v) is 17.6. The van der Waals surface area contributed by atoms with Crippen molar-refractivity contribution >= 4 is 15.9 Å². The average Bonchev–Trinajstić information content (AvgIpc) is 3.24. The van der Waals surface area contributed by atoms with E-state index >= 15 is 0 Å². The summed E-state index contributed by atoms with van der Waals surface area (Å²) in [6.07, 6.45) is 0.664. The first-order chi connectivity index (χ1) is 14.0. The second-order valence-corrected chi connectivity index (χ2v) is 8.93. The van der Waals surface area contributed by atoms with E-state index < -0.39 is 10.0 Å². The standard InChI is InChI=1S/C21H28N4O3S/c1-3-25(4-2)29(27,28)18-12-10-16(11-13-18)15-22-21(26)20-14-19(23-24-20)17-8-6-5-7-9-17/h5-13,19-20,23-24H,3-4,14-15H2,1-2H3,(H,22,26). The SMILES string of the molecule is CCN(CC)S(=O)(=O)c1ccc(CNC(=O)C2CC(c3ccccc3)NN2)cc1. The van der Waals surface area contributed by atoms with Crippen molar-refractivity contribution in [3.63, 3.8) is 0 Å². The van der Waals surface area contributed by atoms with E-state index in [1.807, 2.05) is 44.2 Å². The van der Waals surface area contributed by atoms with Gasteiger partial charge in [-0.15, -0.1) is 0 Å². The maximum Gasteiger partial charge on any atom is 0.243 e. The first kappa shape index (κ1) is 21.4. The number of nitrogens with one attached hydrogen (secondary N) is 3. The van der Waals surface area contributed by atoms with Crippen LogP contribution < -0.4 is 16.2 Å². The van der Waals surface area contributed by atoms with Crippen molar-refractivity contribution in [1.82, 2.24) is 20.5 Å². The van der Waals surface area contributed by atoms with E-state index in [4.69, 9.17) is 0 Å². The Labute approximate surface area is 172 Å². The third-order valence-corrected chi connectivity index (χ3v) is 7.22. The molecule has 8 heteroatoms. The zero-order chi connectivity index (χ0) is 20.9. The molecule has 7 nitrogen and oxygen atoms in total. The second-order valence-electron chi connectivity index (χ2n) is 6.99. The number of hydrazine groups is 1. The Bertz CT molecular complexity index is 913. The highest BCUT2D eigenvalue weighted by atomic mass is 32.2. The molecule has 3 rings (SSSR count). The molecule has 2 atom stereocenters. The molecular weight excluding hydrogens is 388 g/mol. The summed E-state index contributed by atoms with van der Waals surface area (Å²) in [5, 5.41) is 2.91. The van der Waals surface area contributed by atoms with Crippen LogP contribution in [0.15, 0.2) is 59.5 Å². The van der Waals surface area contributed by atoms with E-state index in [9.17, 15) is 13.2 Å². The van der Waals surface area contributed by atoms with Gasteiger partial charge in [-0.1, -0.05) is 56.3 Å². The van der Waals surface area contributed by atoms with Crippen molar-refractivity contribution < 1.29 is 13.2 Å². The second kappa shape index (κ2) is 9.49. The quantitative estimate of drug-likeness (QED) is 0.612. The lowest BCUT2D eigenvalue weighted by molar-refractivity contribution is -0.123. The van der Waals surface area contributed by atoms with Crippen molar-refractivity contribution in [3.05, 3.63) is 65.7 Å². The number of carbonyl (C=O) groups excluding carboxylic acids is 1. The molecule has 2 aromatic rings. The molecule has 1 fully saturated rings. The van der Waals surface area contributed by atoms with Crippen LogP contribution in [0.25, 0.3) is 0 Å². The summed E-state index contributed by atoms with van der Waals surface area (Å²) in [6.45, 7) is 4.85. The number of sulfonamides is 1. The molecule has 156 valence electrons. The Kier molecular flexibility index (Phi) is 7.02. The Morgan fingerprint density at radius 1 is 1.03 bits per heavy atom. The van der Waals surface area contributed by atoms with E-state index in [1.165, 1.54) is 4.31 Å². The minimum Gasteiger partial charge on any atom is -0.351 e. The van der Waals surface area contributed by atoms with Crippen molar-refractivity contribution in [1.29, 1.82) is 0 Å². The average molecular weight is 417 g/mol. The summed E-state index contributed by atoms with van der Waals surface area (Å²) < 4.78 is 26.5. The summed E-state index contributed by atoms with van der Waals surface area (Å²) in [5.74, 6) is -0.0872. The monoisotopic (exact) mass is 416 g/mol. The molecule has 1 saturated heterocycles. The van der Waals surface area contributed by atoms with Crippen LogP contribution in [0.2, 0.25) is 0 Å². The molecule has 1 heterocycles. The van der Waals surface area contributed by atoms with Crippen LogP contribution in [-0.2, 0) is 21.4 Å². The van der Waals surface area contributed by atoms with Gasteiger partial charge in [-0.25, -0.2) is 19.3 Å². The van der Waals surface area contributed by atoms with Crippen LogP contribution in [0.1, 0.15) is 37.4 Å². The van der Waals surface area contributed by atoms with Gasteiger partial charge in [-0.05, 0) is 29.7 Å². The molecule has 1 aliphatic heterocycles. The van der Waals surface area contributed by atoms with Gasteiger partial charge < -0.3 is 5.32 Å². The molecule has 2 aromatic carbocycles. The fraction of sp³-hybridized carbons (Fsp3) is 0.381. The lowest BCUT2D eigenvalue weighted by Gasteiger charge is -2.18. The van der Waals surface area contributed by atoms with Crippen LogP contribution in [0, 0.1) is 0 Å². The predicted molar refractivity (Wildman–Crippen MR) is 112 cm³/mol. The van der Waals surface area contributed by atoms with Crippen molar-refractivity contribution in [2.45, 2.75) is 43.8 Å². The van der Waals surface area contributed by atoms with Gasteiger partial charge in [0.1, 0.15) is 6.04 Å². The van der Waals surface area contributed by atoms with Crippen LogP contribution >= 0.6 is 0 Å². The summed E-state index contributed by atoms with van der Waals surface area (Å²) in [4.78, 5) is 12.7. The highest BCUT2D eigenvalue weighted by Gasteiger charge is 2.29. The Morgan fingerprint density at radius 2 is 1.69 bits per heavy atom. The largest absolute Gasteiger partial charge is 0.351 e. The molecule has 1 amide bonds. The first-order valence-corrected chi connectivity index (χ1v) is 11.3. The first-order valence-electron chi connectivity index (χ1n) is 9.88. The number of carbonyl (C=O) groups is 1. The molecule has 1 aliphatic rings. The van der Waals surface area contributed by atoms with Crippen molar-refractivity contribution in [2.75, 3.05) is 13.1 Å². The molecule has 0 bridgehead atoms. The van der Waals surface area contributed by atoms with Crippen molar-refractivity contribution in [2.24, 2.45) is 0 Å². The topological polar surface area (TPSA) is 90.5 Å². The highest BCUT2D eigenvalue weighted by molar-refractivity contribution is 7.89. The summed E-state index contributed by atoms with van der Waals surface area (Å²) in [6, 6.07) is 16.4.